The molecule has 1 aromatic rings. The molecule has 2 heterocycles. The predicted molar refractivity (Wildman–Crippen MR) is 89.8 cm³/mol. The molecule has 1 saturated heterocycles. The first-order valence-electron chi connectivity index (χ1n) is 8.23. The van der Waals surface area contributed by atoms with Gasteiger partial charge >= 0.3 is 0 Å². The lowest BCUT2D eigenvalue weighted by atomic mass is 10.1. The predicted octanol–water partition coefficient (Wildman–Crippen LogP) is 2.50. The van der Waals surface area contributed by atoms with Crippen molar-refractivity contribution in [2.45, 2.75) is 52.2 Å². The van der Waals surface area contributed by atoms with Crippen LogP contribution >= 0.6 is 0 Å². The molecule has 1 aliphatic rings. The Bertz CT molecular complexity index is 433. The lowest BCUT2D eigenvalue weighted by Crippen LogP contribution is -2.40. The normalized spacial score (nSPS) is 20.8. The highest BCUT2D eigenvalue weighted by Gasteiger charge is 2.23. The molecule has 21 heavy (non-hydrogen) atoms. The topological polar surface area (TPSA) is 31.4 Å². The van der Waals surface area contributed by atoms with Gasteiger partial charge < -0.3 is 15.1 Å². The SMILES string of the molecule is CCC1CN(C)CCCN1c1ccncc1CNC(C)C. The van der Waals surface area contributed by atoms with E-state index < -0.39 is 0 Å². The van der Waals surface area contributed by atoms with E-state index in [1.54, 1.807) is 0 Å². The Morgan fingerprint density at radius 1 is 1.38 bits per heavy atom. The highest BCUT2D eigenvalue weighted by molar-refractivity contribution is 5.53. The van der Waals surface area contributed by atoms with Crippen molar-refractivity contribution in [3.8, 4) is 0 Å². The number of hydrogen-bond donors (Lipinski definition) is 1. The van der Waals surface area contributed by atoms with Gasteiger partial charge in [-0.05, 0) is 32.5 Å². The summed E-state index contributed by atoms with van der Waals surface area (Å²) in [6.07, 6.45) is 6.36. The van der Waals surface area contributed by atoms with Gasteiger partial charge in [0.1, 0.15) is 0 Å². The van der Waals surface area contributed by atoms with Gasteiger partial charge in [0.05, 0.1) is 0 Å². The summed E-state index contributed by atoms with van der Waals surface area (Å²) in [6, 6.07) is 3.28. The number of rotatable bonds is 5. The Kier molecular flexibility index (Phi) is 6.00. The zero-order valence-electron chi connectivity index (χ0n) is 14.0. The summed E-state index contributed by atoms with van der Waals surface area (Å²) < 4.78 is 0. The van der Waals surface area contributed by atoms with Crippen molar-refractivity contribution in [1.82, 2.24) is 15.2 Å². The van der Waals surface area contributed by atoms with E-state index in [1.807, 2.05) is 12.4 Å². The average molecular weight is 290 g/mol. The van der Waals surface area contributed by atoms with Gasteiger partial charge in [-0.1, -0.05) is 20.8 Å². The molecule has 2 rings (SSSR count). The van der Waals surface area contributed by atoms with Crippen LogP contribution in [0.4, 0.5) is 5.69 Å². The van der Waals surface area contributed by atoms with Crippen molar-refractivity contribution >= 4 is 5.69 Å². The second-order valence-corrected chi connectivity index (χ2v) is 6.41. The maximum absolute atomic E-state index is 4.33. The van der Waals surface area contributed by atoms with Crippen LogP contribution < -0.4 is 10.2 Å². The quantitative estimate of drug-likeness (QED) is 0.903. The van der Waals surface area contributed by atoms with Crippen LogP contribution in [0.25, 0.3) is 0 Å². The fourth-order valence-corrected chi connectivity index (χ4v) is 3.06. The molecule has 0 spiro atoms. The maximum Gasteiger partial charge on any atom is 0.0445 e. The van der Waals surface area contributed by atoms with Crippen LogP contribution in [0.1, 0.15) is 39.2 Å². The van der Waals surface area contributed by atoms with Crippen molar-refractivity contribution in [3.05, 3.63) is 24.0 Å². The van der Waals surface area contributed by atoms with E-state index in [1.165, 1.54) is 30.6 Å². The van der Waals surface area contributed by atoms with Crippen LogP contribution in [0.15, 0.2) is 18.5 Å². The van der Waals surface area contributed by atoms with Crippen LogP contribution in [-0.4, -0.2) is 48.6 Å². The second-order valence-electron chi connectivity index (χ2n) is 6.41. The molecule has 0 amide bonds. The van der Waals surface area contributed by atoms with Crippen molar-refractivity contribution in [3.63, 3.8) is 0 Å². The number of anilines is 1. The minimum absolute atomic E-state index is 0.496. The van der Waals surface area contributed by atoms with Gasteiger partial charge in [0.25, 0.3) is 0 Å². The van der Waals surface area contributed by atoms with Crippen LogP contribution in [0.2, 0.25) is 0 Å². The molecule has 1 N–H and O–H groups in total. The molecule has 1 unspecified atom stereocenters. The molecule has 1 atom stereocenters. The largest absolute Gasteiger partial charge is 0.367 e. The Hall–Kier alpha value is -1.13. The molecule has 1 fully saturated rings. The monoisotopic (exact) mass is 290 g/mol. The van der Waals surface area contributed by atoms with Gasteiger partial charge in [-0.2, -0.15) is 0 Å². The molecule has 0 radical (unpaired) electrons. The first-order valence-corrected chi connectivity index (χ1v) is 8.23. The lowest BCUT2D eigenvalue weighted by molar-refractivity contribution is 0.328. The van der Waals surface area contributed by atoms with Gasteiger partial charge in [0.15, 0.2) is 0 Å². The summed E-state index contributed by atoms with van der Waals surface area (Å²) in [5.41, 5.74) is 2.68. The number of nitrogens with zero attached hydrogens (tertiary/aromatic N) is 3. The van der Waals surface area contributed by atoms with E-state index in [2.05, 4.69) is 54.0 Å². The minimum atomic E-state index is 0.496. The zero-order chi connectivity index (χ0) is 15.2. The number of aromatic nitrogens is 1. The highest BCUT2D eigenvalue weighted by Crippen LogP contribution is 2.25. The number of nitrogens with one attached hydrogen (secondary N) is 1. The van der Waals surface area contributed by atoms with E-state index >= 15 is 0 Å². The molecule has 0 aliphatic carbocycles. The third-order valence-corrected chi connectivity index (χ3v) is 4.26. The van der Waals surface area contributed by atoms with Crippen LogP contribution in [0, 0.1) is 0 Å². The van der Waals surface area contributed by atoms with E-state index in [0.717, 1.165) is 19.6 Å². The lowest BCUT2D eigenvalue weighted by Gasteiger charge is -2.33. The van der Waals surface area contributed by atoms with Gasteiger partial charge in [-0.3, -0.25) is 4.98 Å². The van der Waals surface area contributed by atoms with E-state index in [4.69, 9.17) is 0 Å². The van der Waals surface area contributed by atoms with Crippen LogP contribution in [-0.2, 0) is 6.54 Å². The molecule has 1 aliphatic heterocycles. The fourth-order valence-electron chi connectivity index (χ4n) is 3.06. The Morgan fingerprint density at radius 3 is 2.90 bits per heavy atom. The van der Waals surface area contributed by atoms with Gasteiger partial charge in [0.2, 0.25) is 0 Å². The molecule has 0 bridgehead atoms. The molecular formula is C17H30N4. The summed E-state index contributed by atoms with van der Waals surface area (Å²) in [5, 5.41) is 3.52. The van der Waals surface area contributed by atoms with Gasteiger partial charge in [0, 0.05) is 55.4 Å². The molecule has 4 heteroatoms. The Labute approximate surface area is 129 Å². The van der Waals surface area contributed by atoms with E-state index in [9.17, 15) is 0 Å². The van der Waals surface area contributed by atoms with Crippen LogP contribution in [0.5, 0.6) is 0 Å². The second kappa shape index (κ2) is 7.76. The molecular weight excluding hydrogens is 260 g/mol. The van der Waals surface area contributed by atoms with Crippen molar-refractivity contribution in [1.29, 1.82) is 0 Å². The van der Waals surface area contributed by atoms with E-state index in [-0.39, 0.29) is 0 Å². The third kappa shape index (κ3) is 4.42. The zero-order valence-corrected chi connectivity index (χ0v) is 14.0. The summed E-state index contributed by atoms with van der Waals surface area (Å²) in [6.45, 7) is 11.0. The smallest absolute Gasteiger partial charge is 0.0445 e. The van der Waals surface area contributed by atoms with Crippen LogP contribution in [0.3, 0.4) is 0 Å². The highest BCUT2D eigenvalue weighted by atomic mass is 15.2. The molecule has 0 aromatic carbocycles. The number of hydrogen-bond acceptors (Lipinski definition) is 4. The number of pyridine rings is 1. The first-order chi connectivity index (χ1) is 10.1. The first kappa shape index (κ1) is 16.2. The van der Waals surface area contributed by atoms with Crippen molar-refractivity contribution in [2.24, 2.45) is 0 Å². The standard InChI is InChI=1S/C17H30N4/c1-5-16-13-20(4)9-6-10-21(16)17-7-8-18-11-15(17)12-19-14(2)3/h7-8,11,14,16,19H,5-6,9-10,12-13H2,1-4H3. The number of likely N-dealkylation sites (N-methyl/N-ethyl adjacent to an activating group) is 1. The summed E-state index contributed by atoms with van der Waals surface area (Å²) in [5.74, 6) is 0. The minimum Gasteiger partial charge on any atom is -0.367 e. The van der Waals surface area contributed by atoms with Gasteiger partial charge in [-0.15, -0.1) is 0 Å². The van der Waals surface area contributed by atoms with Crippen molar-refractivity contribution < 1.29 is 0 Å². The Morgan fingerprint density at radius 2 is 2.19 bits per heavy atom. The van der Waals surface area contributed by atoms with Crippen molar-refractivity contribution in [2.75, 3.05) is 31.6 Å². The molecule has 1 aromatic heterocycles. The Balaban J connectivity index is 2.21. The summed E-state index contributed by atoms with van der Waals surface area (Å²) in [4.78, 5) is 9.39. The molecule has 4 nitrogen and oxygen atoms in total. The molecule has 0 saturated carbocycles. The summed E-state index contributed by atoms with van der Waals surface area (Å²) >= 11 is 0. The van der Waals surface area contributed by atoms with Gasteiger partial charge in [-0.25, -0.2) is 0 Å². The third-order valence-electron chi connectivity index (χ3n) is 4.26. The molecule has 118 valence electrons. The average Bonchev–Trinajstić information content (AvgIpc) is 2.66. The summed E-state index contributed by atoms with van der Waals surface area (Å²) in [7, 11) is 2.24. The van der Waals surface area contributed by atoms with E-state index in [0.29, 0.717) is 12.1 Å². The maximum atomic E-state index is 4.33. The fraction of sp³-hybridized carbons (Fsp3) is 0.706.